The minimum absolute atomic E-state index is 0.395. The number of aliphatic carboxylic acids is 1. The third-order valence-corrected chi connectivity index (χ3v) is 3.03. The predicted molar refractivity (Wildman–Crippen MR) is 59.1 cm³/mol. The molecular weight excluding hydrogens is 206 g/mol. The molecule has 1 saturated carbocycles. The van der Waals surface area contributed by atoms with Gasteiger partial charge in [-0.1, -0.05) is 19.3 Å². The van der Waals surface area contributed by atoms with Crippen LogP contribution < -0.4 is 5.32 Å². The van der Waals surface area contributed by atoms with Crippen LogP contribution in [0.1, 0.15) is 32.1 Å². The molecule has 2 rings (SSSR count). The minimum atomic E-state index is -0.875. The molecule has 0 aliphatic heterocycles. The van der Waals surface area contributed by atoms with Gasteiger partial charge in [-0.15, -0.1) is 0 Å². The number of anilines is 1. The molecule has 1 aromatic heterocycles. The van der Waals surface area contributed by atoms with Gasteiger partial charge in [0.05, 0.1) is 0 Å². The maximum atomic E-state index is 11.4. The molecule has 0 saturated heterocycles. The molecule has 0 aromatic carbocycles. The molecule has 0 spiro atoms. The van der Waals surface area contributed by atoms with Crippen LogP contribution in [0.25, 0.3) is 0 Å². The van der Waals surface area contributed by atoms with Crippen molar-refractivity contribution in [3.8, 4) is 0 Å². The Kier molecular flexibility index (Phi) is 3.03. The fourth-order valence-corrected chi connectivity index (χ4v) is 2.13. The van der Waals surface area contributed by atoms with Crippen molar-refractivity contribution in [2.45, 2.75) is 37.6 Å². The van der Waals surface area contributed by atoms with Gasteiger partial charge in [0, 0.05) is 12.4 Å². The lowest BCUT2D eigenvalue weighted by Gasteiger charge is -2.33. The zero-order chi connectivity index (χ0) is 11.4. The van der Waals surface area contributed by atoms with Crippen LogP contribution in [0.2, 0.25) is 0 Å². The summed E-state index contributed by atoms with van der Waals surface area (Å²) in [6.45, 7) is 0. The van der Waals surface area contributed by atoms with E-state index in [0.29, 0.717) is 18.8 Å². The number of nitrogens with one attached hydrogen (secondary N) is 1. The van der Waals surface area contributed by atoms with Crippen molar-refractivity contribution in [1.82, 2.24) is 9.97 Å². The van der Waals surface area contributed by atoms with Gasteiger partial charge in [-0.3, -0.25) is 0 Å². The van der Waals surface area contributed by atoms with E-state index in [1.807, 2.05) is 0 Å². The number of rotatable bonds is 3. The van der Waals surface area contributed by atoms with Gasteiger partial charge in [0.15, 0.2) is 0 Å². The minimum Gasteiger partial charge on any atom is -0.480 e. The first-order valence-electron chi connectivity index (χ1n) is 5.52. The van der Waals surface area contributed by atoms with E-state index in [4.69, 9.17) is 0 Å². The highest BCUT2D eigenvalue weighted by molar-refractivity contribution is 5.82. The summed E-state index contributed by atoms with van der Waals surface area (Å²) >= 11 is 0. The van der Waals surface area contributed by atoms with E-state index in [1.54, 1.807) is 18.5 Å². The van der Waals surface area contributed by atoms with Gasteiger partial charge in [-0.25, -0.2) is 14.8 Å². The zero-order valence-electron chi connectivity index (χ0n) is 9.02. The fourth-order valence-electron chi connectivity index (χ4n) is 2.13. The SMILES string of the molecule is O=C(O)C1(Nc2ncccn2)CCCCC1. The normalized spacial score (nSPS) is 19.0. The second-order valence-electron chi connectivity index (χ2n) is 4.15. The van der Waals surface area contributed by atoms with Crippen LogP contribution in [0, 0.1) is 0 Å². The fraction of sp³-hybridized carbons (Fsp3) is 0.545. The summed E-state index contributed by atoms with van der Waals surface area (Å²) < 4.78 is 0. The van der Waals surface area contributed by atoms with Crippen LogP contribution in [0.5, 0.6) is 0 Å². The molecule has 1 heterocycles. The quantitative estimate of drug-likeness (QED) is 0.812. The highest BCUT2D eigenvalue weighted by Crippen LogP contribution is 2.30. The number of carbonyl (C=O) groups is 1. The van der Waals surface area contributed by atoms with Gasteiger partial charge >= 0.3 is 5.97 Å². The molecule has 1 aromatic rings. The molecule has 0 unspecified atom stereocenters. The number of aromatic nitrogens is 2. The van der Waals surface area contributed by atoms with Crippen LogP contribution in [0.15, 0.2) is 18.5 Å². The van der Waals surface area contributed by atoms with Crippen molar-refractivity contribution in [3.05, 3.63) is 18.5 Å². The lowest BCUT2D eigenvalue weighted by Crippen LogP contribution is -2.48. The molecule has 86 valence electrons. The van der Waals surface area contributed by atoms with Crippen molar-refractivity contribution in [2.24, 2.45) is 0 Å². The predicted octanol–water partition coefficient (Wildman–Crippen LogP) is 1.68. The van der Waals surface area contributed by atoms with E-state index >= 15 is 0 Å². The van der Waals surface area contributed by atoms with Crippen molar-refractivity contribution < 1.29 is 9.90 Å². The van der Waals surface area contributed by atoms with Crippen molar-refractivity contribution in [1.29, 1.82) is 0 Å². The Morgan fingerprint density at radius 3 is 2.44 bits per heavy atom. The average Bonchev–Trinajstić information content (AvgIpc) is 2.31. The van der Waals surface area contributed by atoms with Gasteiger partial charge in [-0.05, 0) is 18.9 Å². The van der Waals surface area contributed by atoms with Crippen LogP contribution in [-0.4, -0.2) is 26.6 Å². The third-order valence-electron chi connectivity index (χ3n) is 3.03. The molecule has 0 bridgehead atoms. The van der Waals surface area contributed by atoms with Crippen LogP contribution >= 0.6 is 0 Å². The molecule has 5 heteroatoms. The second kappa shape index (κ2) is 4.47. The van der Waals surface area contributed by atoms with E-state index < -0.39 is 11.5 Å². The third kappa shape index (κ3) is 2.13. The molecule has 1 aliphatic rings. The standard InChI is InChI=1S/C11H15N3O2/c15-9(16)11(5-2-1-3-6-11)14-10-12-7-4-8-13-10/h4,7-8H,1-3,5-6H2,(H,15,16)(H,12,13,14). The lowest BCUT2D eigenvalue weighted by molar-refractivity contribution is -0.143. The number of nitrogens with zero attached hydrogens (tertiary/aromatic N) is 2. The molecule has 16 heavy (non-hydrogen) atoms. The summed E-state index contributed by atoms with van der Waals surface area (Å²) in [4.78, 5) is 19.4. The Morgan fingerprint density at radius 2 is 1.88 bits per heavy atom. The van der Waals surface area contributed by atoms with Crippen LogP contribution in [0.4, 0.5) is 5.95 Å². The second-order valence-corrected chi connectivity index (χ2v) is 4.15. The van der Waals surface area contributed by atoms with E-state index in [0.717, 1.165) is 19.3 Å². The van der Waals surface area contributed by atoms with Gasteiger partial charge < -0.3 is 10.4 Å². The van der Waals surface area contributed by atoms with Gasteiger partial charge in [0.2, 0.25) is 5.95 Å². The van der Waals surface area contributed by atoms with E-state index in [2.05, 4.69) is 15.3 Å². The molecule has 2 N–H and O–H groups in total. The molecule has 1 aliphatic carbocycles. The maximum Gasteiger partial charge on any atom is 0.329 e. The molecule has 0 amide bonds. The highest BCUT2D eigenvalue weighted by atomic mass is 16.4. The van der Waals surface area contributed by atoms with E-state index in [1.165, 1.54) is 0 Å². The number of hydrogen-bond acceptors (Lipinski definition) is 4. The zero-order valence-corrected chi connectivity index (χ0v) is 9.02. The smallest absolute Gasteiger partial charge is 0.329 e. The molecule has 0 atom stereocenters. The Morgan fingerprint density at radius 1 is 1.25 bits per heavy atom. The maximum absolute atomic E-state index is 11.4. The summed E-state index contributed by atoms with van der Waals surface area (Å²) in [7, 11) is 0. The van der Waals surface area contributed by atoms with E-state index in [-0.39, 0.29) is 0 Å². The summed E-state index contributed by atoms with van der Waals surface area (Å²) in [5.41, 5.74) is -0.875. The van der Waals surface area contributed by atoms with Gasteiger partial charge in [0.25, 0.3) is 0 Å². The Hall–Kier alpha value is -1.65. The topological polar surface area (TPSA) is 75.1 Å². The van der Waals surface area contributed by atoms with Gasteiger partial charge in [-0.2, -0.15) is 0 Å². The first-order valence-corrected chi connectivity index (χ1v) is 5.52. The Bertz CT molecular complexity index is 361. The average molecular weight is 221 g/mol. The van der Waals surface area contributed by atoms with Crippen molar-refractivity contribution in [3.63, 3.8) is 0 Å². The molecular formula is C11H15N3O2. The first-order chi connectivity index (χ1) is 7.73. The largest absolute Gasteiger partial charge is 0.480 e. The van der Waals surface area contributed by atoms with Crippen molar-refractivity contribution in [2.75, 3.05) is 5.32 Å². The number of hydrogen-bond donors (Lipinski definition) is 2. The lowest BCUT2D eigenvalue weighted by atomic mass is 9.82. The Labute approximate surface area is 93.9 Å². The molecule has 1 fully saturated rings. The summed E-state index contributed by atoms with van der Waals surface area (Å²) in [5.74, 6) is -0.411. The molecule has 0 radical (unpaired) electrons. The summed E-state index contributed by atoms with van der Waals surface area (Å²) in [6.07, 6.45) is 7.47. The number of carboxylic acids is 1. The van der Waals surface area contributed by atoms with Crippen molar-refractivity contribution >= 4 is 11.9 Å². The molecule has 5 nitrogen and oxygen atoms in total. The summed E-state index contributed by atoms with van der Waals surface area (Å²) in [6, 6.07) is 1.71. The van der Waals surface area contributed by atoms with Crippen LogP contribution in [0.3, 0.4) is 0 Å². The van der Waals surface area contributed by atoms with Crippen LogP contribution in [-0.2, 0) is 4.79 Å². The first kappa shape index (κ1) is 10.9. The Balaban J connectivity index is 2.17. The highest BCUT2D eigenvalue weighted by Gasteiger charge is 2.40. The summed E-state index contributed by atoms with van der Waals surface area (Å²) in [5, 5.41) is 12.3. The monoisotopic (exact) mass is 221 g/mol. The van der Waals surface area contributed by atoms with E-state index in [9.17, 15) is 9.90 Å². The van der Waals surface area contributed by atoms with Gasteiger partial charge in [0.1, 0.15) is 5.54 Å². The number of carboxylic acid groups (broad SMARTS) is 1.